The Hall–Kier alpha value is -0.0800. The molecular formula is C30H52O2. The van der Waals surface area contributed by atoms with Crippen molar-refractivity contribution in [3.8, 4) is 0 Å². The van der Waals surface area contributed by atoms with Crippen molar-refractivity contribution in [1.82, 2.24) is 0 Å². The maximum Gasteiger partial charge on any atom is 0.0622 e. The van der Waals surface area contributed by atoms with Crippen LogP contribution in [0.5, 0.6) is 0 Å². The molecule has 5 rings (SSSR count). The molecule has 5 aliphatic carbocycles. The highest BCUT2D eigenvalue weighted by Gasteiger charge is 2.72. The van der Waals surface area contributed by atoms with E-state index < -0.39 is 5.60 Å². The van der Waals surface area contributed by atoms with Crippen LogP contribution in [-0.4, -0.2) is 21.9 Å². The van der Waals surface area contributed by atoms with Crippen LogP contribution >= 0.6 is 0 Å². The average molecular weight is 445 g/mol. The lowest BCUT2D eigenvalue weighted by Crippen LogP contribution is -2.68. The van der Waals surface area contributed by atoms with E-state index in [9.17, 15) is 10.2 Å². The van der Waals surface area contributed by atoms with Gasteiger partial charge in [0.05, 0.1) is 11.7 Å². The topological polar surface area (TPSA) is 40.5 Å². The van der Waals surface area contributed by atoms with Gasteiger partial charge in [-0.15, -0.1) is 0 Å². The Morgan fingerprint density at radius 2 is 1.34 bits per heavy atom. The molecule has 32 heavy (non-hydrogen) atoms. The fraction of sp³-hybridized carbons (Fsp3) is 1.00. The second-order valence-corrected chi connectivity index (χ2v) is 15.6. The van der Waals surface area contributed by atoms with Gasteiger partial charge in [0.1, 0.15) is 0 Å². The molecule has 10 unspecified atom stereocenters. The van der Waals surface area contributed by atoms with Crippen molar-refractivity contribution in [2.24, 2.45) is 56.7 Å². The first kappa shape index (κ1) is 23.7. The summed E-state index contributed by atoms with van der Waals surface area (Å²) in [5, 5.41) is 22.8. The maximum atomic E-state index is 11.8. The van der Waals surface area contributed by atoms with Crippen molar-refractivity contribution in [2.45, 2.75) is 131 Å². The SMILES string of the molecule is CC(C)(O)C1CCC2(C)C1CCC1(C)C2CCC2C3(C)CCCC(C)(C)C3C(O)CC21C. The summed E-state index contributed by atoms with van der Waals surface area (Å²) in [7, 11) is 0. The van der Waals surface area contributed by atoms with Crippen LogP contribution < -0.4 is 0 Å². The molecule has 5 aliphatic rings. The number of hydrogen-bond donors (Lipinski definition) is 2. The van der Waals surface area contributed by atoms with Crippen LogP contribution in [0.3, 0.4) is 0 Å². The summed E-state index contributed by atoms with van der Waals surface area (Å²) in [4.78, 5) is 0. The van der Waals surface area contributed by atoms with E-state index in [1.54, 1.807) is 0 Å². The fourth-order valence-electron chi connectivity index (χ4n) is 12.3. The second-order valence-electron chi connectivity index (χ2n) is 15.6. The summed E-state index contributed by atoms with van der Waals surface area (Å²) < 4.78 is 0. The lowest BCUT2D eigenvalue weighted by atomic mass is 9.31. The number of fused-ring (bicyclic) bond motifs is 7. The highest BCUT2D eigenvalue weighted by Crippen LogP contribution is 2.78. The molecular weight excluding hydrogens is 392 g/mol. The van der Waals surface area contributed by atoms with Gasteiger partial charge in [0.2, 0.25) is 0 Å². The highest BCUT2D eigenvalue weighted by atomic mass is 16.3. The van der Waals surface area contributed by atoms with Crippen molar-refractivity contribution in [1.29, 1.82) is 0 Å². The molecule has 2 heteroatoms. The van der Waals surface area contributed by atoms with E-state index in [2.05, 4.69) is 55.4 Å². The van der Waals surface area contributed by atoms with Gasteiger partial charge in [-0.25, -0.2) is 0 Å². The van der Waals surface area contributed by atoms with Gasteiger partial charge in [-0.2, -0.15) is 0 Å². The van der Waals surface area contributed by atoms with Crippen LogP contribution in [-0.2, 0) is 0 Å². The van der Waals surface area contributed by atoms with Gasteiger partial charge in [-0.05, 0) is 128 Å². The first-order valence-electron chi connectivity index (χ1n) is 14.0. The summed E-state index contributed by atoms with van der Waals surface area (Å²) in [6.45, 7) is 19.4. The van der Waals surface area contributed by atoms with E-state index in [-0.39, 0.29) is 22.3 Å². The van der Waals surface area contributed by atoms with E-state index in [1.165, 1.54) is 57.8 Å². The summed E-state index contributed by atoms with van der Waals surface area (Å²) in [6, 6.07) is 0. The third-order valence-corrected chi connectivity index (χ3v) is 13.5. The minimum absolute atomic E-state index is 0.162. The molecule has 5 saturated carbocycles. The quantitative estimate of drug-likeness (QED) is 0.448. The van der Waals surface area contributed by atoms with Gasteiger partial charge in [-0.1, -0.05) is 48.0 Å². The Morgan fingerprint density at radius 3 is 1.97 bits per heavy atom. The first-order chi connectivity index (χ1) is 14.6. The van der Waals surface area contributed by atoms with Crippen LogP contribution in [0.2, 0.25) is 0 Å². The van der Waals surface area contributed by atoms with Crippen LogP contribution in [0.25, 0.3) is 0 Å². The lowest BCUT2D eigenvalue weighted by Gasteiger charge is -2.73. The zero-order valence-electron chi connectivity index (χ0n) is 22.4. The molecule has 0 aliphatic heterocycles. The molecule has 0 amide bonds. The molecule has 0 aromatic carbocycles. The third-order valence-electron chi connectivity index (χ3n) is 13.5. The van der Waals surface area contributed by atoms with Crippen molar-refractivity contribution < 1.29 is 10.2 Å². The Morgan fingerprint density at radius 1 is 0.719 bits per heavy atom. The predicted octanol–water partition coefficient (Wildman–Crippen LogP) is 7.22. The Balaban J connectivity index is 1.54. The smallest absolute Gasteiger partial charge is 0.0622 e. The van der Waals surface area contributed by atoms with Gasteiger partial charge in [0.15, 0.2) is 0 Å². The molecule has 0 saturated heterocycles. The first-order valence-corrected chi connectivity index (χ1v) is 14.0. The summed E-state index contributed by atoms with van der Waals surface area (Å²) >= 11 is 0. The van der Waals surface area contributed by atoms with E-state index >= 15 is 0 Å². The average Bonchev–Trinajstić information content (AvgIpc) is 2.98. The molecule has 0 spiro atoms. The summed E-state index contributed by atoms with van der Waals surface area (Å²) in [5.74, 6) is 3.01. The minimum atomic E-state index is -0.563. The van der Waals surface area contributed by atoms with E-state index in [0.29, 0.717) is 28.6 Å². The Labute approximate surface area is 198 Å². The molecule has 0 aromatic rings. The van der Waals surface area contributed by atoms with E-state index in [1.807, 2.05) is 0 Å². The van der Waals surface area contributed by atoms with Crippen LogP contribution in [0, 0.1) is 56.7 Å². The molecule has 184 valence electrons. The zero-order chi connectivity index (χ0) is 23.5. The second kappa shape index (κ2) is 6.77. The number of aliphatic hydroxyl groups is 2. The van der Waals surface area contributed by atoms with Gasteiger partial charge < -0.3 is 10.2 Å². The summed E-state index contributed by atoms with van der Waals surface area (Å²) in [6.07, 6.45) is 12.5. The molecule has 2 N–H and O–H groups in total. The number of aliphatic hydroxyl groups excluding tert-OH is 1. The van der Waals surface area contributed by atoms with E-state index in [4.69, 9.17) is 0 Å². The number of hydrogen-bond acceptors (Lipinski definition) is 2. The van der Waals surface area contributed by atoms with Gasteiger partial charge in [-0.3, -0.25) is 0 Å². The standard InChI is InChI=1S/C30H52O2/c1-25(2)14-9-15-28(6)23-11-10-22-27(5)16-12-19(26(3,4)32)20(27)13-17-29(22,7)30(23,8)18-21(31)24(25)28/h19-24,31-32H,9-18H2,1-8H3. The van der Waals surface area contributed by atoms with Crippen molar-refractivity contribution >= 4 is 0 Å². The maximum absolute atomic E-state index is 11.8. The third kappa shape index (κ3) is 2.78. The zero-order valence-corrected chi connectivity index (χ0v) is 22.4. The molecule has 0 heterocycles. The fourth-order valence-corrected chi connectivity index (χ4v) is 12.3. The van der Waals surface area contributed by atoms with Crippen molar-refractivity contribution in [2.75, 3.05) is 0 Å². The minimum Gasteiger partial charge on any atom is -0.393 e. The molecule has 5 fully saturated rings. The Kier molecular flexibility index (Phi) is 5.01. The summed E-state index contributed by atoms with van der Waals surface area (Å²) in [5.41, 5.74) is 0.819. The molecule has 0 radical (unpaired) electrons. The van der Waals surface area contributed by atoms with Crippen molar-refractivity contribution in [3.05, 3.63) is 0 Å². The lowest BCUT2D eigenvalue weighted by molar-refractivity contribution is -0.268. The van der Waals surface area contributed by atoms with Gasteiger partial charge in [0, 0.05) is 0 Å². The molecule has 10 atom stereocenters. The largest absolute Gasteiger partial charge is 0.393 e. The van der Waals surface area contributed by atoms with Crippen LogP contribution in [0.15, 0.2) is 0 Å². The number of rotatable bonds is 1. The highest BCUT2D eigenvalue weighted by molar-refractivity contribution is 5.20. The van der Waals surface area contributed by atoms with Crippen LogP contribution in [0.1, 0.15) is 120 Å². The van der Waals surface area contributed by atoms with Gasteiger partial charge >= 0.3 is 0 Å². The van der Waals surface area contributed by atoms with E-state index in [0.717, 1.165) is 18.3 Å². The van der Waals surface area contributed by atoms with Crippen molar-refractivity contribution in [3.63, 3.8) is 0 Å². The predicted molar refractivity (Wildman–Crippen MR) is 132 cm³/mol. The molecule has 0 aromatic heterocycles. The normalized spacial score (nSPS) is 57.2. The van der Waals surface area contributed by atoms with Gasteiger partial charge in [0.25, 0.3) is 0 Å². The molecule has 0 bridgehead atoms. The monoisotopic (exact) mass is 444 g/mol. The Bertz CT molecular complexity index is 765. The van der Waals surface area contributed by atoms with Crippen LogP contribution in [0.4, 0.5) is 0 Å². The molecule has 2 nitrogen and oxygen atoms in total.